The van der Waals surface area contributed by atoms with Gasteiger partial charge in [-0.25, -0.2) is 13.4 Å². The van der Waals surface area contributed by atoms with Crippen molar-refractivity contribution in [3.05, 3.63) is 12.0 Å². The number of nitrogens with zero attached hydrogens (tertiary/aromatic N) is 3. The highest BCUT2D eigenvalue weighted by Gasteiger charge is 2.30. The zero-order chi connectivity index (χ0) is 15.5. The van der Waals surface area contributed by atoms with Gasteiger partial charge in [0.15, 0.2) is 5.03 Å². The average Bonchev–Trinajstić information content (AvgIpc) is 2.92. The molecule has 0 spiro atoms. The van der Waals surface area contributed by atoms with Crippen LogP contribution >= 0.6 is 0 Å². The van der Waals surface area contributed by atoms with E-state index in [-0.39, 0.29) is 5.03 Å². The molecule has 1 fully saturated rings. The molecule has 1 saturated heterocycles. The van der Waals surface area contributed by atoms with Crippen molar-refractivity contribution in [3.63, 3.8) is 0 Å². The molecule has 0 bridgehead atoms. The van der Waals surface area contributed by atoms with Crippen LogP contribution in [0.2, 0.25) is 0 Å². The number of aromatic nitrogens is 2. The van der Waals surface area contributed by atoms with Gasteiger partial charge in [0, 0.05) is 19.6 Å². The smallest absolute Gasteiger partial charge is 0.260 e. The van der Waals surface area contributed by atoms with Gasteiger partial charge in [-0.05, 0) is 38.8 Å². The zero-order valence-corrected chi connectivity index (χ0v) is 14.0. The molecule has 0 aromatic carbocycles. The van der Waals surface area contributed by atoms with Gasteiger partial charge in [0.1, 0.15) is 5.82 Å². The first-order valence-electron chi connectivity index (χ1n) is 7.71. The standard InChI is InChI=1S/C14H26N4O2S/c1-4-17(5-2)11-13-6-8-18(9-7-13)21(19,20)14-10-15-12(3)16-14/h10,13H,4-9,11H2,1-3H3,(H,15,16). The Morgan fingerprint density at radius 1 is 1.33 bits per heavy atom. The summed E-state index contributed by atoms with van der Waals surface area (Å²) >= 11 is 0. The molecular weight excluding hydrogens is 288 g/mol. The van der Waals surface area contributed by atoms with Crippen molar-refractivity contribution in [2.75, 3.05) is 32.7 Å². The van der Waals surface area contributed by atoms with Crippen LogP contribution in [0, 0.1) is 12.8 Å². The highest BCUT2D eigenvalue weighted by molar-refractivity contribution is 7.89. The summed E-state index contributed by atoms with van der Waals surface area (Å²) in [5.41, 5.74) is 0. The van der Waals surface area contributed by atoms with Crippen LogP contribution in [-0.4, -0.2) is 60.3 Å². The number of aromatic amines is 1. The van der Waals surface area contributed by atoms with Crippen LogP contribution < -0.4 is 0 Å². The summed E-state index contributed by atoms with van der Waals surface area (Å²) in [6.45, 7) is 10.5. The second-order valence-electron chi connectivity index (χ2n) is 5.67. The Bertz CT molecular complexity index is 543. The Hall–Kier alpha value is -0.920. The van der Waals surface area contributed by atoms with Gasteiger partial charge in [-0.2, -0.15) is 4.31 Å². The predicted octanol–water partition coefficient (Wildman–Crippen LogP) is 1.46. The van der Waals surface area contributed by atoms with Crippen molar-refractivity contribution in [1.82, 2.24) is 19.2 Å². The summed E-state index contributed by atoms with van der Waals surface area (Å²) in [7, 11) is -3.40. The van der Waals surface area contributed by atoms with Crippen molar-refractivity contribution in [1.29, 1.82) is 0 Å². The fourth-order valence-electron chi connectivity index (χ4n) is 2.85. The number of sulfonamides is 1. The van der Waals surface area contributed by atoms with Crippen LogP contribution in [0.25, 0.3) is 0 Å². The maximum Gasteiger partial charge on any atom is 0.260 e. The first kappa shape index (κ1) is 16.5. The number of hydrogen-bond acceptors (Lipinski definition) is 4. The van der Waals surface area contributed by atoms with Crippen LogP contribution in [0.3, 0.4) is 0 Å². The molecule has 1 aromatic heterocycles. The largest absolute Gasteiger partial charge is 0.332 e. The van der Waals surface area contributed by atoms with Crippen molar-refractivity contribution >= 4 is 10.0 Å². The Balaban J connectivity index is 1.94. The number of H-pyrrole nitrogens is 1. The van der Waals surface area contributed by atoms with Crippen LogP contribution in [0.1, 0.15) is 32.5 Å². The maximum atomic E-state index is 12.5. The van der Waals surface area contributed by atoms with Crippen molar-refractivity contribution < 1.29 is 8.42 Å². The molecule has 6 nitrogen and oxygen atoms in total. The molecule has 1 aliphatic heterocycles. The number of piperidine rings is 1. The second kappa shape index (κ2) is 6.89. The molecule has 0 amide bonds. The van der Waals surface area contributed by atoms with E-state index in [2.05, 4.69) is 28.7 Å². The van der Waals surface area contributed by atoms with Gasteiger partial charge < -0.3 is 9.88 Å². The first-order valence-corrected chi connectivity index (χ1v) is 9.15. The quantitative estimate of drug-likeness (QED) is 0.863. The first-order chi connectivity index (χ1) is 9.97. The summed E-state index contributed by atoms with van der Waals surface area (Å²) in [5, 5.41) is 0.210. The number of hydrogen-bond donors (Lipinski definition) is 1. The van der Waals surface area contributed by atoms with Crippen molar-refractivity contribution in [2.45, 2.75) is 38.6 Å². The monoisotopic (exact) mass is 314 g/mol. The van der Waals surface area contributed by atoms with Crippen molar-refractivity contribution in [2.24, 2.45) is 5.92 Å². The number of nitrogens with one attached hydrogen (secondary N) is 1. The van der Waals surface area contributed by atoms with Gasteiger partial charge in [-0.1, -0.05) is 13.8 Å². The molecule has 1 aromatic rings. The fourth-order valence-corrected chi connectivity index (χ4v) is 4.28. The Kier molecular flexibility index (Phi) is 5.40. The molecule has 21 heavy (non-hydrogen) atoms. The lowest BCUT2D eigenvalue weighted by Gasteiger charge is -2.33. The van der Waals surface area contributed by atoms with Gasteiger partial charge in [0.05, 0.1) is 6.20 Å². The highest BCUT2D eigenvalue weighted by Crippen LogP contribution is 2.23. The van der Waals surface area contributed by atoms with Gasteiger partial charge in [0.2, 0.25) is 0 Å². The van der Waals surface area contributed by atoms with Gasteiger partial charge in [0.25, 0.3) is 10.0 Å². The molecule has 7 heteroatoms. The summed E-state index contributed by atoms with van der Waals surface area (Å²) in [6.07, 6.45) is 3.28. The van der Waals surface area contributed by atoms with Crippen molar-refractivity contribution in [3.8, 4) is 0 Å². The molecule has 0 saturated carbocycles. The molecule has 2 rings (SSSR count). The van der Waals surface area contributed by atoms with E-state index in [1.54, 1.807) is 11.2 Å². The van der Waals surface area contributed by atoms with Gasteiger partial charge in [-0.3, -0.25) is 0 Å². The third kappa shape index (κ3) is 3.84. The summed E-state index contributed by atoms with van der Waals surface area (Å²) in [4.78, 5) is 9.22. The molecular formula is C14H26N4O2S. The lowest BCUT2D eigenvalue weighted by molar-refractivity contribution is 0.193. The minimum Gasteiger partial charge on any atom is -0.332 e. The molecule has 0 unspecified atom stereocenters. The summed E-state index contributed by atoms with van der Waals surface area (Å²) in [6, 6.07) is 0. The maximum absolute atomic E-state index is 12.5. The minimum absolute atomic E-state index is 0.210. The number of aryl methyl sites for hydroxylation is 1. The van der Waals surface area contributed by atoms with E-state index in [0.29, 0.717) is 24.8 Å². The van der Waals surface area contributed by atoms with E-state index in [1.165, 1.54) is 6.20 Å². The lowest BCUT2D eigenvalue weighted by atomic mass is 9.97. The summed E-state index contributed by atoms with van der Waals surface area (Å²) < 4.78 is 26.6. The van der Waals surface area contributed by atoms with E-state index < -0.39 is 10.0 Å². The molecule has 0 radical (unpaired) electrons. The lowest BCUT2D eigenvalue weighted by Crippen LogP contribution is -2.41. The molecule has 120 valence electrons. The second-order valence-corrected chi connectivity index (χ2v) is 7.57. The van der Waals surface area contributed by atoms with Crippen LogP contribution in [-0.2, 0) is 10.0 Å². The van der Waals surface area contributed by atoms with Crippen LogP contribution in [0.15, 0.2) is 11.2 Å². The zero-order valence-electron chi connectivity index (χ0n) is 13.2. The molecule has 2 heterocycles. The Labute approximate surface area is 127 Å². The number of rotatable bonds is 6. The Morgan fingerprint density at radius 3 is 2.43 bits per heavy atom. The number of imidazole rings is 1. The third-order valence-electron chi connectivity index (χ3n) is 4.28. The van der Waals surface area contributed by atoms with E-state index in [4.69, 9.17) is 0 Å². The van der Waals surface area contributed by atoms with E-state index in [1.807, 2.05) is 0 Å². The Morgan fingerprint density at radius 2 is 1.95 bits per heavy atom. The van der Waals surface area contributed by atoms with Crippen LogP contribution in [0.4, 0.5) is 0 Å². The van der Waals surface area contributed by atoms with E-state index in [0.717, 1.165) is 32.5 Å². The minimum atomic E-state index is -3.40. The van der Waals surface area contributed by atoms with Gasteiger partial charge in [-0.15, -0.1) is 0 Å². The van der Waals surface area contributed by atoms with Gasteiger partial charge >= 0.3 is 0 Å². The van der Waals surface area contributed by atoms with E-state index in [9.17, 15) is 8.42 Å². The molecule has 0 aliphatic carbocycles. The third-order valence-corrected chi connectivity index (χ3v) is 6.09. The predicted molar refractivity (Wildman–Crippen MR) is 82.6 cm³/mol. The summed E-state index contributed by atoms with van der Waals surface area (Å²) in [5.74, 6) is 1.23. The average molecular weight is 314 g/mol. The molecule has 1 N–H and O–H groups in total. The molecule has 1 aliphatic rings. The topological polar surface area (TPSA) is 69.3 Å². The molecule has 0 atom stereocenters. The SMILES string of the molecule is CCN(CC)CC1CCN(S(=O)(=O)c2cnc(C)[nH]2)CC1. The fraction of sp³-hybridized carbons (Fsp3) is 0.786. The van der Waals surface area contributed by atoms with Crippen LogP contribution in [0.5, 0.6) is 0 Å². The highest BCUT2D eigenvalue weighted by atomic mass is 32.2. The van der Waals surface area contributed by atoms with E-state index >= 15 is 0 Å². The normalized spacial score (nSPS) is 18.5.